The smallest absolute Gasteiger partial charge is 0.363 e. The van der Waals surface area contributed by atoms with Gasteiger partial charge < -0.3 is 15.7 Å². The Morgan fingerprint density at radius 2 is 1.58 bits per heavy atom. The average molecular weight is 470 g/mol. The first-order valence-electron chi connectivity index (χ1n) is 10.1. The molecule has 5 rings (SSSR count). The van der Waals surface area contributed by atoms with Crippen molar-refractivity contribution in [3.05, 3.63) is 82.6 Å². The summed E-state index contributed by atoms with van der Waals surface area (Å²) in [7, 11) is 0. The summed E-state index contributed by atoms with van der Waals surface area (Å²) >= 11 is 0.973. The molecule has 0 bridgehead atoms. The quantitative estimate of drug-likeness (QED) is 0.286. The van der Waals surface area contributed by atoms with E-state index in [1.54, 1.807) is 65.3 Å². The molecule has 0 unspecified atom stereocenters. The molecule has 168 valence electrons. The van der Waals surface area contributed by atoms with Crippen molar-refractivity contribution in [1.29, 1.82) is 0 Å². The maximum absolute atomic E-state index is 14.2. The minimum absolute atomic E-state index is 0.0511. The van der Waals surface area contributed by atoms with E-state index in [4.69, 9.17) is 0 Å². The fourth-order valence-corrected chi connectivity index (χ4v) is 5.24. The second-order valence-electron chi connectivity index (χ2n) is 7.89. The predicted molar refractivity (Wildman–Crippen MR) is 119 cm³/mol. The van der Waals surface area contributed by atoms with Crippen LogP contribution in [0.4, 0.5) is 18.0 Å². The fraction of sp³-hybridized carbons (Fsp3) is 0.167. The maximum atomic E-state index is 14.2. The van der Waals surface area contributed by atoms with Gasteiger partial charge in [0, 0.05) is 0 Å². The van der Waals surface area contributed by atoms with Crippen LogP contribution in [-0.4, -0.2) is 28.8 Å². The summed E-state index contributed by atoms with van der Waals surface area (Å²) in [5.74, 6) is -2.98. The number of amides is 2. The van der Waals surface area contributed by atoms with E-state index in [1.807, 2.05) is 6.07 Å². The lowest BCUT2D eigenvalue weighted by atomic mass is 9.76. The maximum Gasteiger partial charge on any atom is 0.437 e. The van der Waals surface area contributed by atoms with E-state index in [2.05, 4.69) is 5.32 Å². The van der Waals surface area contributed by atoms with Gasteiger partial charge >= 0.3 is 12.2 Å². The van der Waals surface area contributed by atoms with Gasteiger partial charge in [-0.15, -0.1) is 11.3 Å². The molecule has 0 saturated carbocycles. The van der Waals surface area contributed by atoms with Gasteiger partial charge in [0.1, 0.15) is 5.92 Å². The van der Waals surface area contributed by atoms with Crippen LogP contribution in [0.25, 0.3) is 21.5 Å². The molecule has 4 aromatic rings. The first-order valence-corrected chi connectivity index (χ1v) is 10.9. The number of halogens is 3. The van der Waals surface area contributed by atoms with E-state index in [1.165, 1.54) is 6.07 Å². The minimum atomic E-state index is -5.30. The van der Waals surface area contributed by atoms with Gasteiger partial charge in [-0.25, -0.2) is 4.79 Å². The normalized spacial score (nSPS) is 23.3. The molecule has 0 radical (unpaired) electrons. The Bertz CT molecular complexity index is 1330. The molecule has 1 aromatic heterocycles. The van der Waals surface area contributed by atoms with Gasteiger partial charge in [-0.1, -0.05) is 54.6 Å². The van der Waals surface area contributed by atoms with E-state index in [0.717, 1.165) is 22.1 Å². The molecule has 9 heteroatoms. The van der Waals surface area contributed by atoms with Crippen molar-refractivity contribution in [2.45, 2.75) is 17.9 Å². The Kier molecular flexibility index (Phi) is 4.91. The third-order valence-electron chi connectivity index (χ3n) is 5.98. The SMILES string of the molecule is O=C1N[C@H](c2c3ccccc3cc3ccccc23)[C@H](C(=O)c2cccs2)[C@](O)(C(F)(F)F)N1. The summed E-state index contributed by atoms with van der Waals surface area (Å²) in [6.07, 6.45) is -5.30. The van der Waals surface area contributed by atoms with Crippen molar-refractivity contribution in [3.8, 4) is 0 Å². The number of nitrogens with one attached hydrogen (secondary N) is 2. The number of urea groups is 1. The summed E-state index contributed by atoms with van der Waals surface area (Å²) in [4.78, 5) is 25.9. The number of hydrogen-bond acceptors (Lipinski definition) is 4. The first-order chi connectivity index (χ1) is 15.7. The molecule has 3 N–H and O–H groups in total. The number of ketones is 1. The second kappa shape index (κ2) is 7.57. The third-order valence-corrected chi connectivity index (χ3v) is 6.86. The Morgan fingerprint density at radius 1 is 0.970 bits per heavy atom. The van der Waals surface area contributed by atoms with Crippen LogP contribution in [0.1, 0.15) is 21.3 Å². The van der Waals surface area contributed by atoms with Gasteiger partial charge in [-0.2, -0.15) is 13.2 Å². The highest BCUT2D eigenvalue weighted by Gasteiger charge is 2.66. The molecule has 1 fully saturated rings. The number of carbonyl (C=O) groups excluding carboxylic acids is 2. The monoisotopic (exact) mass is 470 g/mol. The predicted octanol–water partition coefficient (Wildman–Crippen LogP) is 5.16. The zero-order valence-corrected chi connectivity index (χ0v) is 17.7. The lowest BCUT2D eigenvalue weighted by molar-refractivity contribution is -0.287. The van der Waals surface area contributed by atoms with Crippen molar-refractivity contribution >= 4 is 44.7 Å². The molecule has 1 aliphatic heterocycles. The largest absolute Gasteiger partial charge is 0.437 e. The van der Waals surface area contributed by atoms with E-state index >= 15 is 0 Å². The van der Waals surface area contributed by atoms with Crippen LogP contribution < -0.4 is 10.6 Å². The molecule has 2 heterocycles. The van der Waals surface area contributed by atoms with Gasteiger partial charge in [-0.3, -0.25) is 4.79 Å². The van der Waals surface area contributed by atoms with Gasteiger partial charge in [0.2, 0.25) is 5.72 Å². The van der Waals surface area contributed by atoms with Crippen molar-refractivity contribution < 1.29 is 27.9 Å². The van der Waals surface area contributed by atoms with Crippen molar-refractivity contribution in [2.24, 2.45) is 5.92 Å². The van der Waals surface area contributed by atoms with E-state index < -0.39 is 35.7 Å². The Hall–Kier alpha value is -3.43. The number of Topliss-reactive ketones (excluding diaryl/α,β-unsaturated/α-hetero) is 1. The highest BCUT2D eigenvalue weighted by atomic mass is 32.1. The van der Waals surface area contributed by atoms with Gasteiger partial charge in [0.15, 0.2) is 5.78 Å². The van der Waals surface area contributed by atoms with Crippen molar-refractivity contribution in [1.82, 2.24) is 10.6 Å². The Balaban J connectivity index is 1.84. The summed E-state index contributed by atoms with van der Waals surface area (Å²) < 4.78 is 42.7. The summed E-state index contributed by atoms with van der Waals surface area (Å²) in [6, 6.07) is 16.3. The van der Waals surface area contributed by atoms with Crippen LogP contribution in [-0.2, 0) is 0 Å². The van der Waals surface area contributed by atoms with Gasteiger partial charge in [-0.05, 0) is 44.6 Å². The molecule has 3 aromatic carbocycles. The van der Waals surface area contributed by atoms with Crippen LogP contribution in [0.15, 0.2) is 72.1 Å². The summed E-state index contributed by atoms with van der Waals surface area (Å²) in [5, 5.41) is 19.2. The zero-order valence-electron chi connectivity index (χ0n) is 16.9. The third kappa shape index (κ3) is 3.35. The van der Waals surface area contributed by atoms with Crippen molar-refractivity contribution in [3.63, 3.8) is 0 Å². The average Bonchev–Trinajstić information content (AvgIpc) is 3.31. The fourth-order valence-electron chi connectivity index (χ4n) is 4.54. The molecule has 0 aliphatic carbocycles. The molecular formula is C24H17F3N2O3S. The van der Waals surface area contributed by atoms with E-state index in [-0.39, 0.29) is 4.88 Å². The molecule has 3 atom stereocenters. The highest BCUT2D eigenvalue weighted by Crippen LogP contribution is 2.47. The topological polar surface area (TPSA) is 78.4 Å². The number of hydrogen-bond donors (Lipinski definition) is 3. The number of thiophene rings is 1. The summed E-state index contributed by atoms with van der Waals surface area (Å²) in [5.41, 5.74) is -3.42. The van der Waals surface area contributed by atoms with Crippen molar-refractivity contribution in [2.75, 3.05) is 0 Å². The molecule has 1 saturated heterocycles. The molecule has 5 nitrogen and oxygen atoms in total. The minimum Gasteiger partial charge on any atom is -0.363 e. The number of aliphatic hydroxyl groups is 1. The Morgan fingerprint density at radius 3 is 2.12 bits per heavy atom. The van der Waals surface area contributed by atoms with Crippen LogP contribution in [0, 0.1) is 5.92 Å². The lowest BCUT2D eigenvalue weighted by Crippen LogP contribution is -2.72. The van der Waals surface area contributed by atoms with E-state index in [9.17, 15) is 27.9 Å². The Labute approximate surface area is 189 Å². The number of rotatable bonds is 3. The number of alkyl halides is 3. The molecule has 2 amide bonds. The van der Waals surface area contributed by atoms with Crippen LogP contribution in [0.3, 0.4) is 0 Å². The van der Waals surface area contributed by atoms with Gasteiger partial charge in [0.25, 0.3) is 0 Å². The number of fused-ring (bicyclic) bond motifs is 2. The number of carbonyl (C=O) groups is 2. The van der Waals surface area contributed by atoms with Crippen LogP contribution in [0.5, 0.6) is 0 Å². The number of benzene rings is 3. The standard InChI is InChI=1S/C24H17F3N2O3S/c25-24(26,27)23(32)19(21(30)17-10-5-11-33-17)20(28-22(31)29-23)18-15-8-3-1-6-13(15)12-14-7-2-4-9-16(14)18/h1-12,19-20,32H,(H2,28,29,31)/t19-,20-,23+/m1/s1. The van der Waals surface area contributed by atoms with E-state index in [0.29, 0.717) is 16.3 Å². The summed E-state index contributed by atoms with van der Waals surface area (Å²) in [6.45, 7) is 0. The molecule has 0 spiro atoms. The zero-order chi connectivity index (χ0) is 23.4. The molecular weight excluding hydrogens is 453 g/mol. The lowest BCUT2D eigenvalue weighted by Gasteiger charge is -2.45. The first kappa shape index (κ1) is 21.4. The van der Waals surface area contributed by atoms with Gasteiger partial charge in [0.05, 0.1) is 10.9 Å². The van der Waals surface area contributed by atoms with Crippen LogP contribution >= 0.6 is 11.3 Å². The van der Waals surface area contributed by atoms with Crippen LogP contribution in [0.2, 0.25) is 0 Å². The molecule has 33 heavy (non-hydrogen) atoms. The molecule has 1 aliphatic rings. The highest BCUT2D eigenvalue weighted by molar-refractivity contribution is 7.12. The second-order valence-corrected chi connectivity index (χ2v) is 8.84.